The molecule has 2 aromatic heterocycles. The van der Waals surface area contributed by atoms with Crippen molar-refractivity contribution in [3.63, 3.8) is 0 Å². The summed E-state index contributed by atoms with van der Waals surface area (Å²) in [6.07, 6.45) is 2.00. The van der Waals surface area contributed by atoms with E-state index in [1.165, 1.54) is 10.6 Å². The topological polar surface area (TPSA) is 55.1 Å². The normalized spacial score (nSPS) is 11.0. The minimum absolute atomic E-state index is 0.00988. The second kappa shape index (κ2) is 4.63. The molecule has 1 N–H and O–H groups in total. The molecule has 0 saturated carbocycles. The summed E-state index contributed by atoms with van der Waals surface area (Å²) in [5, 5.41) is 8.81. The Morgan fingerprint density at radius 1 is 1.47 bits per heavy atom. The Morgan fingerprint density at radius 3 is 2.94 bits per heavy atom. The van der Waals surface area contributed by atoms with E-state index in [4.69, 9.17) is 5.11 Å². The van der Waals surface area contributed by atoms with Gasteiger partial charge in [-0.25, -0.2) is 4.39 Å². The lowest BCUT2D eigenvalue weighted by atomic mass is 10.1. The van der Waals surface area contributed by atoms with E-state index < -0.39 is 5.82 Å². The molecule has 0 amide bonds. The average Bonchev–Trinajstić information content (AvgIpc) is 2.33. The van der Waals surface area contributed by atoms with E-state index in [0.29, 0.717) is 29.4 Å². The van der Waals surface area contributed by atoms with Crippen molar-refractivity contribution in [3.05, 3.63) is 40.1 Å². The van der Waals surface area contributed by atoms with Crippen LogP contribution < -0.4 is 5.56 Å². The van der Waals surface area contributed by atoms with E-state index in [1.807, 2.05) is 0 Å². The molecule has 0 aliphatic carbocycles. The number of pyridine rings is 2. The fourth-order valence-electron chi connectivity index (χ4n) is 1.90. The summed E-state index contributed by atoms with van der Waals surface area (Å²) in [6.45, 7) is -0.00988. The summed E-state index contributed by atoms with van der Waals surface area (Å²) in [5.41, 5.74) is 1.33. The first-order chi connectivity index (χ1) is 8.15. The van der Waals surface area contributed by atoms with Gasteiger partial charge in [0.25, 0.3) is 5.56 Å². The van der Waals surface area contributed by atoms with Gasteiger partial charge in [-0.3, -0.25) is 9.78 Å². The van der Waals surface area contributed by atoms with E-state index >= 15 is 0 Å². The first-order valence-electron chi connectivity index (χ1n) is 5.39. The Labute approximate surface area is 97.3 Å². The van der Waals surface area contributed by atoms with Crippen molar-refractivity contribution in [1.29, 1.82) is 0 Å². The molecule has 2 rings (SSSR count). The quantitative estimate of drug-likeness (QED) is 0.864. The summed E-state index contributed by atoms with van der Waals surface area (Å²) >= 11 is 0. The zero-order chi connectivity index (χ0) is 12.4. The van der Waals surface area contributed by atoms with E-state index in [0.717, 1.165) is 6.20 Å². The Morgan fingerprint density at radius 2 is 2.24 bits per heavy atom. The Kier molecular flexibility index (Phi) is 3.19. The van der Waals surface area contributed by atoms with Crippen LogP contribution in [0.4, 0.5) is 4.39 Å². The zero-order valence-corrected chi connectivity index (χ0v) is 9.48. The Balaban J connectivity index is 2.73. The summed E-state index contributed by atoms with van der Waals surface area (Å²) in [4.78, 5) is 15.5. The van der Waals surface area contributed by atoms with Gasteiger partial charge in [-0.05, 0) is 18.9 Å². The van der Waals surface area contributed by atoms with Crippen LogP contribution in [0, 0.1) is 5.82 Å². The van der Waals surface area contributed by atoms with Gasteiger partial charge in [0.2, 0.25) is 0 Å². The van der Waals surface area contributed by atoms with Crippen LogP contribution in [0.3, 0.4) is 0 Å². The van der Waals surface area contributed by atoms with Crippen LogP contribution in [-0.4, -0.2) is 21.3 Å². The molecule has 0 aliphatic rings. The average molecular weight is 236 g/mol. The lowest BCUT2D eigenvalue weighted by Gasteiger charge is -2.10. The van der Waals surface area contributed by atoms with Crippen molar-refractivity contribution in [2.45, 2.75) is 12.8 Å². The van der Waals surface area contributed by atoms with Crippen LogP contribution in [0.1, 0.15) is 12.0 Å². The first kappa shape index (κ1) is 11.7. The number of aryl methyl sites for hydroxylation is 2. The molecule has 2 heterocycles. The van der Waals surface area contributed by atoms with Gasteiger partial charge in [0, 0.05) is 25.3 Å². The number of hydrogen-bond donors (Lipinski definition) is 1. The third-order valence-corrected chi connectivity index (χ3v) is 2.77. The van der Waals surface area contributed by atoms with Gasteiger partial charge < -0.3 is 9.67 Å². The maximum absolute atomic E-state index is 13.7. The van der Waals surface area contributed by atoms with Crippen LogP contribution in [0.5, 0.6) is 0 Å². The Hall–Kier alpha value is -1.75. The van der Waals surface area contributed by atoms with Crippen molar-refractivity contribution in [3.8, 4) is 0 Å². The standard InChI is InChI=1S/C12H13FN2O2/c1-15-11(17)5-4-10-12(15)8(3-2-6-16)9(13)7-14-10/h4-5,7,16H,2-3,6H2,1H3. The number of halogens is 1. The summed E-state index contributed by atoms with van der Waals surface area (Å²) in [6, 6.07) is 2.99. The second-order valence-electron chi connectivity index (χ2n) is 3.88. The van der Waals surface area contributed by atoms with Crippen molar-refractivity contribution < 1.29 is 9.50 Å². The lowest BCUT2D eigenvalue weighted by molar-refractivity contribution is 0.288. The molecule has 0 atom stereocenters. The molecule has 5 heteroatoms. The summed E-state index contributed by atoms with van der Waals surface area (Å²) in [5.74, 6) is -0.438. The highest BCUT2D eigenvalue weighted by Crippen LogP contribution is 2.19. The van der Waals surface area contributed by atoms with Crippen molar-refractivity contribution in [1.82, 2.24) is 9.55 Å². The van der Waals surface area contributed by atoms with Crippen molar-refractivity contribution in [2.24, 2.45) is 7.05 Å². The van der Waals surface area contributed by atoms with Gasteiger partial charge in [0.1, 0.15) is 5.82 Å². The zero-order valence-electron chi connectivity index (χ0n) is 9.48. The van der Waals surface area contributed by atoms with E-state index in [-0.39, 0.29) is 12.2 Å². The van der Waals surface area contributed by atoms with Gasteiger partial charge in [-0.15, -0.1) is 0 Å². The number of hydrogen-bond acceptors (Lipinski definition) is 3. The molecule has 17 heavy (non-hydrogen) atoms. The van der Waals surface area contributed by atoms with Gasteiger partial charge in [-0.2, -0.15) is 0 Å². The summed E-state index contributed by atoms with van der Waals surface area (Å²) in [7, 11) is 1.59. The highest BCUT2D eigenvalue weighted by atomic mass is 19.1. The van der Waals surface area contributed by atoms with Crippen LogP contribution >= 0.6 is 0 Å². The predicted octanol–water partition coefficient (Wildman–Crippen LogP) is 0.998. The smallest absolute Gasteiger partial charge is 0.250 e. The number of fused-ring (bicyclic) bond motifs is 1. The molecule has 0 bridgehead atoms. The highest BCUT2D eigenvalue weighted by Gasteiger charge is 2.11. The SMILES string of the molecule is Cn1c(=O)ccc2ncc(F)c(CCCO)c21. The molecular weight excluding hydrogens is 223 g/mol. The molecule has 0 aromatic carbocycles. The van der Waals surface area contributed by atoms with Crippen LogP contribution in [0.25, 0.3) is 11.0 Å². The number of aromatic nitrogens is 2. The van der Waals surface area contributed by atoms with Crippen LogP contribution in [-0.2, 0) is 13.5 Å². The molecule has 4 nitrogen and oxygen atoms in total. The minimum Gasteiger partial charge on any atom is -0.396 e. The second-order valence-corrected chi connectivity index (χ2v) is 3.88. The number of aliphatic hydroxyl groups is 1. The van der Waals surface area contributed by atoms with Gasteiger partial charge >= 0.3 is 0 Å². The van der Waals surface area contributed by atoms with Gasteiger partial charge in [-0.1, -0.05) is 0 Å². The maximum Gasteiger partial charge on any atom is 0.250 e. The van der Waals surface area contributed by atoms with E-state index in [2.05, 4.69) is 4.98 Å². The fourth-order valence-corrected chi connectivity index (χ4v) is 1.90. The molecule has 0 unspecified atom stereocenters. The number of nitrogens with zero attached hydrogens (tertiary/aromatic N) is 2. The molecule has 0 aliphatic heterocycles. The third kappa shape index (κ3) is 2.06. The third-order valence-electron chi connectivity index (χ3n) is 2.77. The molecule has 2 aromatic rings. The number of rotatable bonds is 3. The number of aliphatic hydroxyl groups excluding tert-OH is 1. The fraction of sp³-hybridized carbons (Fsp3) is 0.333. The molecule has 90 valence electrons. The minimum atomic E-state index is -0.438. The van der Waals surface area contributed by atoms with Crippen LogP contribution in [0.2, 0.25) is 0 Å². The first-order valence-corrected chi connectivity index (χ1v) is 5.39. The molecule has 0 saturated heterocycles. The molecule has 0 spiro atoms. The molecule has 0 radical (unpaired) electrons. The van der Waals surface area contributed by atoms with Crippen LogP contribution in [0.15, 0.2) is 23.1 Å². The Bertz CT molecular complexity index is 607. The van der Waals surface area contributed by atoms with E-state index in [9.17, 15) is 9.18 Å². The molecule has 0 fully saturated rings. The van der Waals surface area contributed by atoms with Crippen molar-refractivity contribution >= 4 is 11.0 Å². The molecular formula is C12H13FN2O2. The highest BCUT2D eigenvalue weighted by molar-refractivity contribution is 5.78. The van der Waals surface area contributed by atoms with Crippen molar-refractivity contribution in [2.75, 3.05) is 6.61 Å². The van der Waals surface area contributed by atoms with E-state index in [1.54, 1.807) is 13.1 Å². The maximum atomic E-state index is 13.7. The summed E-state index contributed by atoms with van der Waals surface area (Å²) < 4.78 is 15.1. The van der Waals surface area contributed by atoms with Gasteiger partial charge in [0.05, 0.1) is 17.2 Å². The predicted molar refractivity (Wildman–Crippen MR) is 62.3 cm³/mol. The lowest BCUT2D eigenvalue weighted by Crippen LogP contribution is -2.17. The monoisotopic (exact) mass is 236 g/mol. The van der Waals surface area contributed by atoms with Gasteiger partial charge in [0.15, 0.2) is 0 Å². The largest absolute Gasteiger partial charge is 0.396 e.